The highest BCUT2D eigenvalue weighted by Crippen LogP contribution is 2.61. The molecular weight excluding hydrogens is 814 g/mol. The maximum absolute atomic E-state index is 15.3. The zero-order valence-corrected chi connectivity index (χ0v) is 29.6. The number of halogens is 10. The van der Waals surface area contributed by atoms with Crippen LogP contribution in [0.2, 0.25) is 0 Å². The van der Waals surface area contributed by atoms with Crippen molar-refractivity contribution in [1.29, 1.82) is 0 Å². The molecule has 0 atom stereocenters. The van der Waals surface area contributed by atoms with E-state index in [1.165, 1.54) is 24.3 Å². The summed E-state index contributed by atoms with van der Waals surface area (Å²) in [5, 5.41) is 43.5. The number of phenolic OH excluding ortho intramolecular Hbond substituents is 4. The number of aromatic hydroxyl groups is 4. The molecule has 0 saturated heterocycles. The SMILES string of the molecule is Fc1c2c(c(F)c3c1C(F)(F)c1ccccc1C3(F)F)C(F)(F)c1ccccc1C2(F)F.O=C1c2c(c(O)c3ccccc3c2O)C(=O)c2c1c(O)c1ccccc1c2O. The Kier molecular flexibility index (Phi) is 7.82. The quantitative estimate of drug-likeness (QED) is 0.0893. The van der Waals surface area contributed by atoms with Gasteiger partial charge in [0.05, 0.1) is 44.5 Å². The van der Waals surface area contributed by atoms with Crippen molar-refractivity contribution < 1.29 is 73.9 Å². The fourth-order valence-electron chi connectivity index (χ4n) is 8.41. The first-order chi connectivity index (χ1) is 28.2. The summed E-state index contributed by atoms with van der Waals surface area (Å²) in [6.07, 6.45) is 0. The van der Waals surface area contributed by atoms with Crippen molar-refractivity contribution in [3.05, 3.63) is 175 Å². The summed E-state index contributed by atoms with van der Waals surface area (Å²) in [7, 11) is 0. The molecule has 0 unspecified atom stereocenters. The van der Waals surface area contributed by atoms with Crippen LogP contribution in [0.25, 0.3) is 21.5 Å². The minimum atomic E-state index is -4.70. The lowest BCUT2D eigenvalue weighted by Crippen LogP contribution is -2.42. The molecule has 6 nitrogen and oxygen atoms in total. The van der Waals surface area contributed by atoms with Gasteiger partial charge in [0, 0.05) is 43.8 Å². The molecule has 4 N–H and O–H groups in total. The van der Waals surface area contributed by atoms with Gasteiger partial charge in [0.2, 0.25) is 11.6 Å². The first-order valence-electron chi connectivity index (χ1n) is 17.5. The Balaban J connectivity index is 0.000000155. The Labute approximate surface area is 328 Å². The molecule has 0 spiro atoms. The summed E-state index contributed by atoms with van der Waals surface area (Å²) in [6, 6.07) is 18.2. The summed E-state index contributed by atoms with van der Waals surface area (Å²) in [5.74, 6) is -27.7. The molecule has 7 aromatic rings. The van der Waals surface area contributed by atoms with Gasteiger partial charge < -0.3 is 20.4 Å². The summed E-state index contributed by atoms with van der Waals surface area (Å²) in [5.41, 5.74) is -16.9. The van der Waals surface area contributed by atoms with Crippen LogP contribution >= 0.6 is 0 Å². The van der Waals surface area contributed by atoms with Gasteiger partial charge in [0.25, 0.3) is 0 Å². The summed E-state index contributed by atoms with van der Waals surface area (Å²) >= 11 is 0. The van der Waals surface area contributed by atoms with E-state index in [9.17, 15) is 30.0 Å². The normalized spacial score (nSPS) is 17.0. The van der Waals surface area contributed by atoms with Crippen LogP contribution in [0.4, 0.5) is 43.9 Å². The fourth-order valence-corrected chi connectivity index (χ4v) is 8.41. The summed E-state index contributed by atoms with van der Waals surface area (Å²) in [4.78, 5) is 26.4. The number of alkyl halides is 8. The first kappa shape index (κ1) is 38.4. The Bertz CT molecular complexity index is 2720. The molecule has 0 heterocycles. The van der Waals surface area contributed by atoms with E-state index in [1.807, 2.05) is 0 Å². The molecule has 302 valence electrons. The standard InChI is InChI=1S/C22H8F10.C22H12O6/c23-17-13-14(20(27,28)10-6-2-1-5-9(10)19(13,25)26)18(24)16-15(17)21(29,30)11-7-3-4-8-12(11)22(16,31)32;23-17-9-5-1-2-6-10(9)18(24)14-13(17)21(27)15-16(22(14)28)20(26)12-8-4-3-7-11(12)19(15)25/h1-8H;1-8,23-26H. The molecule has 0 aliphatic heterocycles. The van der Waals surface area contributed by atoms with Crippen LogP contribution in [0.5, 0.6) is 23.0 Å². The number of fused-ring (bicyclic) bond motifs is 8. The average Bonchev–Trinajstić information content (AvgIpc) is 3.22. The molecule has 60 heavy (non-hydrogen) atoms. The van der Waals surface area contributed by atoms with Crippen molar-refractivity contribution in [2.45, 2.75) is 23.7 Å². The maximum Gasteiger partial charge on any atom is 0.302 e. The van der Waals surface area contributed by atoms with Crippen molar-refractivity contribution >= 4 is 33.1 Å². The van der Waals surface area contributed by atoms with Gasteiger partial charge in [0.15, 0.2) is 0 Å². The number of benzene rings is 7. The van der Waals surface area contributed by atoms with Crippen LogP contribution in [0.3, 0.4) is 0 Å². The van der Waals surface area contributed by atoms with Gasteiger partial charge >= 0.3 is 23.7 Å². The van der Waals surface area contributed by atoms with E-state index >= 15 is 43.9 Å². The molecule has 3 aliphatic rings. The van der Waals surface area contributed by atoms with Crippen LogP contribution < -0.4 is 0 Å². The zero-order valence-electron chi connectivity index (χ0n) is 29.6. The Hall–Kier alpha value is -7.10. The van der Waals surface area contributed by atoms with Crippen molar-refractivity contribution in [2.24, 2.45) is 0 Å². The molecule has 0 saturated carbocycles. The van der Waals surface area contributed by atoms with Crippen LogP contribution in [0, 0.1) is 11.6 Å². The van der Waals surface area contributed by atoms with E-state index < -0.39 is 137 Å². The van der Waals surface area contributed by atoms with Gasteiger partial charge in [-0.15, -0.1) is 0 Å². The Morgan fingerprint density at radius 1 is 0.333 bits per heavy atom. The smallest absolute Gasteiger partial charge is 0.302 e. The summed E-state index contributed by atoms with van der Waals surface area (Å²) in [6.45, 7) is 0. The lowest BCUT2D eigenvalue weighted by atomic mass is 9.73. The summed E-state index contributed by atoms with van der Waals surface area (Å²) < 4.78 is 151. The number of rotatable bonds is 0. The fraction of sp³-hybridized carbons (Fsp3) is 0.0909. The molecule has 7 aromatic carbocycles. The molecular formula is C44H20F10O6. The number of ketones is 2. The highest BCUT2D eigenvalue weighted by Gasteiger charge is 2.63. The van der Waals surface area contributed by atoms with E-state index in [2.05, 4.69) is 0 Å². The molecule has 0 bridgehead atoms. The van der Waals surface area contributed by atoms with Crippen molar-refractivity contribution in [1.82, 2.24) is 0 Å². The molecule has 16 heteroatoms. The maximum atomic E-state index is 15.3. The molecule has 0 radical (unpaired) electrons. The van der Waals surface area contributed by atoms with E-state index in [0.29, 0.717) is 24.3 Å². The number of carbonyl (C=O) groups is 2. The van der Waals surface area contributed by atoms with Crippen molar-refractivity contribution in [3.8, 4) is 23.0 Å². The highest BCUT2D eigenvalue weighted by molar-refractivity contribution is 6.35. The number of carbonyl (C=O) groups excluding carboxylic acids is 2. The van der Waals surface area contributed by atoms with Crippen molar-refractivity contribution in [2.75, 3.05) is 0 Å². The minimum Gasteiger partial charge on any atom is -0.506 e. The zero-order chi connectivity index (χ0) is 43.2. The third kappa shape index (κ3) is 4.66. The van der Waals surface area contributed by atoms with Crippen LogP contribution in [0.1, 0.15) is 76.4 Å². The average molecular weight is 835 g/mol. The van der Waals surface area contributed by atoms with Gasteiger partial charge in [-0.2, -0.15) is 35.1 Å². The van der Waals surface area contributed by atoms with Gasteiger partial charge in [-0.1, -0.05) is 97.1 Å². The lowest BCUT2D eigenvalue weighted by Gasteiger charge is -2.39. The predicted molar refractivity (Wildman–Crippen MR) is 193 cm³/mol. The number of hydrogen-bond donors (Lipinski definition) is 4. The molecule has 3 aliphatic carbocycles. The van der Waals surface area contributed by atoms with Crippen LogP contribution in [0.15, 0.2) is 97.1 Å². The second-order valence-corrected chi connectivity index (χ2v) is 14.2. The molecule has 0 amide bonds. The van der Waals surface area contributed by atoms with Gasteiger partial charge in [-0.05, 0) is 0 Å². The number of hydrogen-bond acceptors (Lipinski definition) is 6. The van der Waals surface area contributed by atoms with E-state index in [0.717, 1.165) is 24.3 Å². The topological polar surface area (TPSA) is 115 Å². The Morgan fingerprint density at radius 3 is 0.717 bits per heavy atom. The highest BCUT2D eigenvalue weighted by atomic mass is 19.3. The minimum absolute atomic E-state index is 0.202. The molecule has 0 aromatic heterocycles. The third-order valence-corrected chi connectivity index (χ3v) is 11.1. The first-order valence-corrected chi connectivity index (χ1v) is 17.5. The lowest BCUT2D eigenvalue weighted by molar-refractivity contribution is -0.0327. The number of phenols is 4. The van der Waals surface area contributed by atoms with E-state index in [1.54, 1.807) is 24.3 Å². The second-order valence-electron chi connectivity index (χ2n) is 14.2. The van der Waals surface area contributed by atoms with Crippen LogP contribution in [-0.4, -0.2) is 32.0 Å². The second kappa shape index (κ2) is 12.2. The van der Waals surface area contributed by atoms with E-state index in [-0.39, 0.29) is 21.5 Å². The molecule has 10 rings (SSSR count). The molecule has 0 fully saturated rings. The third-order valence-electron chi connectivity index (χ3n) is 11.1. The van der Waals surface area contributed by atoms with Gasteiger partial charge in [-0.3, -0.25) is 9.59 Å². The van der Waals surface area contributed by atoms with E-state index in [4.69, 9.17) is 0 Å². The Morgan fingerprint density at radius 2 is 0.517 bits per heavy atom. The monoisotopic (exact) mass is 834 g/mol. The largest absolute Gasteiger partial charge is 0.506 e. The van der Waals surface area contributed by atoms with Crippen molar-refractivity contribution in [3.63, 3.8) is 0 Å². The van der Waals surface area contributed by atoms with Gasteiger partial charge in [-0.25, -0.2) is 8.78 Å². The van der Waals surface area contributed by atoms with Gasteiger partial charge in [0.1, 0.15) is 34.6 Å². The predicted octanol–water partition coefficient (Wildman–Crippen LogP) is 10.7. The van der Waals surface area contributed by atoms with Crippen LogP contribution in [-0.2, 0) is 23.7 Å².